The summed E-state index contributed by atoms with van der Waals surface area (Å²) < 4.78 is 0. The highest BCUT2D eigenvalue weighted by Crippen LogP contribution is 2.49. The fourth-order valence-corrected chi connectivity index (χ4v) is 5.02. The molecule has 0 fully saturated rings. The number of phenolic OH excluding ortho intramolecular Hbond substituents is 1. The number of aromatic hydroxyl groups is 1. The first kappa shape index (κ1) is 22.8. The van der Waals surface area contributed by atoms with Crippen molar-refractivity contribution in [3.8, 4) is 28.0 Å². The zero-order valence-corrected chi connectivity index (χ0v) is 20.3. The number of aryl methyl sites for hydroxylation is 1. The summed E-state index contributed by atoms with van der Waals surface area (Å²) in [5, 5.41) is 12.8. The van der Waals surface area contributed by atoms with Crippen LogP contribution >= 0.6 is 0 Å². The number of hydrogen-bond donors (Lipinski definition) is 2. The Hall–Kier alpha value is -3.33. The van der Waals surface area contributed by atoms with Crippen LogP contribution in [0.4, 0.5) is 5.69 Å². The average Bonchev–Trinajstić information content (AvgIpc) is 2.77. The van der Waals surface area contributed by atoms with Crippen LogP contribution in [0.5, 0.6) is 5.75 Å². The van der Waals surface area contributed by atoms with Crippen molar-refractivity contribution in [3.05, 3.63) is 83.9 Å². The third-order valence-corrected chi connectivity index (χ3v) is 7.15. The summed E-state index contributed by atoms with van der Waals surface area (Å²) in [6, 6.07) is 17.9. The summed E-state index contributed by atoms with van der Waals surface area (Å²) in [5.41, 5.74) is 9.10. The molecule has 3 aromatic rings. The largest absolute Gasteiger partial charge is 0.508 e. The Balaban J connectivity index is 2.00. The van der Waals surface area contributed by atoms with Crippen molar-refractivity contribution in [2.75, 3.05) is 5.32 Å². The molecule has 0 heterocycles. The van der Waals surface area contributed by atoms with E-state index in [4.69, 9.17) is 0 Å². The molecule has 0 bridgehead atoms. The molecule has 3 aromatic carbocycles. The molecule has 0 aliphatic heterocycles. The second-order valence-electron chi connectivity index (χ2n) is 10.4. The van der Waals surface area contributed by atoms with Gasteiger partial charge in [-0.25, -0.2) is 0 Å². The third-order valence-electron chi connectivity index (χ3n) is 7.15. The Morgan fingerprint density at radius 1 is 0.939 bits per heavy atom. The van der Waals surface area contributed by atoms with Gasteiger partial charge in [0.1, 0.15) is 5.75 Å². The van der Waals surface area contributed by atoms with Gasteiger partial charge in [-0.2, -0.15) is 0 Å². The van der Waals surface area contributed by atoms with Crippen molar-refractivity contribution in [2.45, 2.75) is 58.3 Å². The fourth-order valence-electron chi connectivity index (χ4n) is 5.02. The lowest BCUT2D eigenvalue weighted by Crippen LogP contribution is -2.34. The molecule has 1 aliphatic carbocycles. The minimum absolute atomic E-state index is 0.0979. The van der Waals surface area contributed by atoms with Gasteiger partial charge in [-0.15, -0.1) is 0 Å². The van der Waals surface area contributed by atoms with Gasteiger partial charge in [0.15, 0.2) is 0 Å². The van der Waals surface area contributed by atoms with Crippen molar-refractivity contribution in [1.29, 1.82) is 0 Å². The second-order valence-corrected chi connectivity index (χ2v) is 10.4. The molecular formula is C30H33NO2. The minimum Gasteiger partial charge on any atom is -0.508 e. The van der Waals surface area contributed by atoms with Gasteiger partial charge in [0.2, 0.25) is 5.91 Å². The molecule has 3 heteroatoms. The first-order chi connectivity index (χ1) is 15.5. The summed E-state index contributed by atoms with van der Waals surface area (Å²) in [6.45, 7) is 15.1. The van der Waals surface area contributed by atoms with Gasteiger partial charge >= 0.3 is 0 Å². The fraction of sp³-hybridized carbons (Fsp3) is 0.300. The molecule has 0 radical (unpaired) electrons. The molecule has 0 saturated carbocycles. The van der Waals surface area contributed by atoms with E-state index in [0.29, 0.717) is 0 Å². The second kappa shape index (κ2) is 8.22. The van der Waals surface area contributed by atoms with E-state index in [-0.39, 0.29) is 22.5 Å². The number of rotatable bonds is 4. The Labute approximate surface area is 197 Å². The van der Waals surface area contributed by atoms with Crippen molar-refractivity contribution < 1.29 is 9.90 Å². The van der Waals surface area contributed by atoms with Crippen molar-refractivity contribution in [1.82, 2.24) is 0 Å². The monoisotopic (exact) mass is 439 g/mol. The lowest BCUT2D eigenvalue weighted by Gasteiger charge is -2.42. The average molecular weight is 440 g/mol. The summed E-state index contributed by atoms with van der Waals surface area (Å²) in [5.74, 6) is -0.0425. The van der Waals surface area contributed by atoms with Crippen LogP contribution in [0.3, 0.4) is 0 Å². The maximum absolute atomic E-state index is 12.2. The molecule has 3 nitrogen and oxygen atoms in total. The Morgan fingerprint density at radius 2 is 1.55 bits per heavy atom. The number of hydrogen-bond acceptors (Lipinski definition) is 2. The molecule has 1 amide bonds. The number of amides is 1. The summed E-state index contributed by atoms with van der Waals surface area (Å²) in [4.78, 5) is 12.2. The molecule has 33 heavy (non-hydrogen) atoms. The van der Waals surface area contributed by atoms with E-state index in [2.05, 4.69) is 64.7 Å². The van der Waals surface area contributed by atoms with Gasteiger partial charge in [-0.05, 0) is 88.3 Å². The molecular weight excluding hydrogens is 406 g/mol. The molecule has 0 atom stereocenters. The Bertz CT molecular complexity index is 1230. The maximum atomic E-state index is 12.2. The topological polar surface area (TPSA) is 49.3 Å². The molecule has 0 aromatic heterocycles. The van der Waals surface area contributed by atoms with E-state index in [1.165, 1.54) is 29.2 Å². The van der Waals surface area contributed by atoms with Gasteiger partial charge in [0.05, 0.1) is 0 Å². The van der Waals surface area contributed by atoms with Crippen molar-refractivity contribution >= 4 is 11.6 Å². The maximum Gasteiger partial charge on any atom is 0.247 e. The van der Waals surface area contributed by atoms with Gasteiger partial charge in [-0.3, -0.25) is 4.79 Å². The smallest absolute Gasteiger partial charge is 0.247 e. The van der Waals surface area contributed by atoms with E-state index < -0.39 is 0 Å². The van der Waals surface area contributed by atoms with Crippen LogP contribution < -0.4 is 5.32 Å². The number of anilines is 1. The van der Waals surface area contributed by atoms with E-state index in [1.807, 2.05) is 24.3 Å². The summed E-state index contributed by atoms with van der Waals surface area (Å²) >= 11 is 0. The normalized spacial score (nSPS) is 16.0. The van der Waals surface area contributed by atoms with Gasteiger partial charge < -0.3 is 10.4 Å². The van der Waals surface area contributed by atoms with Crippen LogP contribution in [0.1, 0.15) is 57.2 Å². The SMILES string of the molecule is C=CC(=O)Nc1cccc(-c2cc3c(cc2C)C(C)(C)CCC3(C)C)c1-c1ccc(O)cc1. The molecule has 0 unspecified atom stereocenters. The standard InChI is InChI=1S/C30H33NO2/c1-7-27(33)31-26-10-8-9-22(28(26)20-11-13-21(32)14-12-20)23-18-25-24(17-19(23)2)29(3,4)15-16-30(25,5)6/h7-14,17-18,32H,1,15-16H2,2-6H3,(H,31,33). The van der Waals surface area contributed by atoms with E-state index in [0.717, 1.165) is 34.4 Å². The summed E-state index contributed by atoms with van der Waals surface area (Å²) in [7, 11) is 0. The highest BCUT2D eigenvalue weighted by atomic mass is 16.3. The molecule has 4 rings (SSSR count). The number of benzene rings is 3. The van der Waals surface area contributed by atoms with Gasteiger partial charge in [-0.1, -0.05) is 70.7 Å². The van der Waals surface area contributed by atoms with E-state index in [1.54, 1.807) is 12.1 Å². The van der Waals surface area contributed by atoms with Gasteiger partial charge in [0.25, 0.3) is 0 Å². The third kappa shape index (κ3) is 4.20. The van der Waals surface area contributed by atoms with Crippen LogP contribution in [-0.4, -0.2) is 11.0 Å². The Kier molecular flexibility index (Phi) is 5.69. The quantitative estimate of drug-likeness (QED) is 0.413. The number of carbonyl (C=O) groups excluding carboxylic acids is 1. The lowest BCUT2D eigenvalue weighted by molar-refractivity contribution is -0.111. The first-order valence-corrected chi connectivity index (χ1v) is 11.6. The predicted octanol–water partition coefficient (Wildman–Crippen LogP) is 7.51. The highest BCUT2D eigenvalue weighted by Gasteiger charge is 2.37. The van der Waals surface area contributed by atoms with Crippen molar-refractivity contribution in [3.63, 3.8) is 0 Å². The zero-order chi connectivity index (χ0) is 24.0. The molecule has 0 spiro atoms. The predicted molar refractivity (Wildman–Crippen MR) is 138 cm³/mol. The number of nitrogens with one attached hydrogen (secondary N) is 1. The zero-order valence-electron chi connectivity index (χ0n) is 20.3. The number of phenols is 1. The van der Waals surface area contributed by atoms with Crippen LogP contribution in [0.2, 0.25) is 0 Å². The van der Waals surface area contributed by atoms with Crippen LogP contribution in [0.15, 0.2) is 67.3 Å². The molecule has 2 N–H and O–H groups in total. The number of fused-ring (bicyclic) bond motifs is 1. The minimum atomic E-state index is -0.253. The first-order valence-electron chi connectivity index (χ1n) is 11.6. The lowest BCUT2D eigenvalue weighted by atomic mass is 9.62. The molecule has 0 saturated heterocycles. The highest BCUT2D eigenvalue weighted by molar-refractivity contribution is 6.04. The Morgan fingerprint density at radius 3 is 2.15 bits per heavy atom. The number of carbonyl (C=O) groups is 1. The van der Waals surface area contributed by atoms with E-state index in [9.17, 15) is 9.90 Å². The molecule has 1 aliphatic rings. The van der Waals surface area contributed by atoms with Crippen molar-refractivity contribution in [2.24, 2.45) is 0 Å². The van der Waals surface area contributed by atoms with E-state index >= 15 is 0 Å². The molecule has 170 valence electrons. The van der Waals surface area contributed by atoms with Crippen LogP contribution in [0, 0.1) is 6.92 Å². The summed E-state index contributed by atoms with van der Waals surface area (Å²) in [6.07, 6.45) is 3.60. The van der Waals surface area contributed by atoms with Gasteiger partial charge in [0, 0.05) is 11.3 Å². The van der Waals surface area contributed by atoms with Crippen LogP contribution in [0.25, 0.3) is 22.3 Å². The van der Waals surface area contributed by atoms with Crippen LogP contribution in [-0.2, 0) is 15.6 Å².